The van der Waals surface area contributed by atoms with Crippen molar-refractivity contribution in [2.45, 2.75) is 25.9 Å². The van der Waals surface area contributed by atoms with E-state index < -0.39 is 0 Å². The Bertz CT molecular complexity index is 1430. The number of anilines is 3. The van der Waals surface area contributed by atoms with Crippen LogP contribution in [0, 0.1) is 0 Å². The average Bonchev–Trinajstić information content (AvgIpc) is 3.37. The maximum absolute atomic E-state index is 5.79. The molecule has 1 unspecified atom stereocenters. The van der Waals surface area contributed by atoms with Gasteiger partial charge in [0.05, 0.1) is 0 Å². The first-order chi connectivity index (χ1) is 17.1. The van der Waals surface area contributed by atoms with Crippen LogP contribution in [0.3, 0.4) is 0 Å². The zero-order chi connectivity index (χ0) is 24.2. The van der Waals surface area contributed by atoms with E-state index in [0.29, 0.717) is 12.5 Å². The topological polar surface area (TPSA) is 97.3 Å². The quantitative estimate of drug-likeness (QED) is 0.350. The van der Waals surface area contributed by atoms with Gasteiger partial charge < -0.3 is 16.0 Å². The van der Waals surface area contributed by atoms with Crippen molar-refractivity contribution in [3.8, 4) is 11.1 Å². The second kappa shape index (κ2) is 9.90. The van der Waals surface area contributed by atoms with Crippen molar-refractivity contribution in [1.29, 1.82) is 0 Å². The molecule has 2 aromatic carbocycles. The van der Waals surface area contributed by atoms with E-state index in [9.17, 15) is 0 Å². The van der Waals surface area contributed by atoms with Gasteiger partial charge in [0, 0.05) is 25.8 Å². The molecule has 8 nitrogen and oxygen atoms in total. The predicted molar refractivity (Wildman–Crippen MR) is 140 cm³/mol. The van der Waals surface area contributed by atoms with Crippen LogP contribution < -0.4 is 16.0 Å². The van der Waals surface area contributed by atoms with Crippen molar-refractivity contribution >= 4 is 23.2 Å². The zero-order valence-corrected chi connectivity index (χ0v) is 19.8. The first kappa shape index (κ1) is 22.5. The van der Waals surface area contributed by atoms with Gasteiger partial charge in [-0.2, -0.15) is 14.6 Å². The monoisotopic (exact) mass is 464 g/mol. The van der Waals surface area contributed by atoms with Crippen LogP contribution in [-0.2, 0) is 13.0 Å². The molecule has 3 N–H and O–H groups in total. The van der Waals surface area contributed by atoms with Crippen LogP contribution in [0.1, 0.15) is 18.1 Å². The van der Waals surface area contributed by atoms with Gasteiger partial charge in [0.2, 0.25) is 5.95 Å². The van der Waals surface area contributed by atoms with Crippen molar-refractivity contribution in [1.82, 2.24) is 24.6 Å². The highest BCUT2D eigenvalue weighted by molar-refractivity contribution is 5.73. The number of nitrogens with two attached hydrogens (primary N) is 1. The molecular weight excluding hydrogens is 436 g/mol. The number of nitrogens with one attached hydrogen (secondary N) is 1. The van der Waals surface area contributed by atoms with Gasteiger partial charge in [-0.3, -0.25) is 0 Å². The number of fused-ring (bicyclic) bond motifs is 1. The molecule has 0 aliphatic rings. The highest BCUT2D eigenvalue weighted by Crippen LogP contribution is 2.29. The molecule has 8 heteroatoms. The molecule has 0 fully saturated rings. The lowest BCUT2D eigenvalue weighted by molar-refractivity contribution is 0.775. The van der Waals surface area contributed by atoms with E-state index in [0.717, 1.165) is 40.4 Å². The van der Waals surface area contributed by atoms with Crippen LogP contribution in [0.4, 0.5) is 17.6 Å². The molecule has 5 rings (SSSR count). The van der Waals surface area contributed by atoms with Gasteiger partial charge in [0.15, 0.2) is 5.65 Å². The molecule has 5 aromatic rings. The highest BCUT2D eigenvalue weighted by Gasteiger charge is 2.15. The van der Waals surface area contributed by atoms with Crippen LogP contribution in [0.2, 0.25) is 0 Å². The van der Waals surface area contributed by atoms with E-state index in [4.69, 9.17) is 10.7 Å². The maximum Gasteiger partial charge on any atom is 0.224 e. The number of rotatable bonds is 8. The fourth-order valence-electron chi connectivity index (χ4n) is 4.17. The number of hydrogen-bond acceptors (Lipinski definition) is 7. The van der Waals surface area contributed by atoms with E-state index in [-0.39, 0.29) is 6.04 Å². The summed E-state index contributed by atoms with van der Waals surface area (Å²) in [6.45, 7) is 2.66. The molecule has 0 aliphatic heterocycles. The lowest BCUT2D eigenvalue weighted by atomic mass is 10.0. The minimum absolute atomic E-state index is 0.145. The van der Waals surface area contributed by atoms with Crippen molar-refractivity contribution in [2.24, 2.45) is 5.73 Å². The summed E-state index contributed by atoms with van der Waals surface area (Å²) in [6, 6.07) is 24.8. The molecule has 0 spiro atoms. The third-order valence-electron chi connectivity index (χ3n) is 5.94. The summed E-state index contributed by atoms with van der Waals surface area (Å²) in [6.07, 6.45) is 4.17. The third-order valence-corrected chi connectivity index (χ3v) is 5.94. The van der Waals surface area contributed by atoms with E-state index in [2.05, 4.69) is 57.6 Å². The number of benzene rings is 2. The minimum Gasteiger partial charge on any atom is -0.351 e. The van der Waals surface area contributed by atoms with Gasteiger partial charge in [-0.25, -0.2) is 9.97 Å². The first-order valence-electron chi connectivity index (χ1n) is 11.6. The van der Waals surface area contributed by atoms with E-state index in [1.807, 2.05) is 58.9 Å². The largest absolute Gasteiger partial charge is 0.351 e. The highest BCUT2D eigenvalue weighted by atomic mass is 15.4. The molecule has 35 heavy (non-hydrogen) atoms. The Hall–Kier alpha value is -4.30. The summed E-state index contributed by atoms with van der Waals surface area (Å²) in [5, 5.41) is 7.86. The molecule has 1 atom stereocenters. The summed E-state index contributed by atoms with van der Waals surface area (Å²) in [7, 11) is 1.97. The average molecular weight is 465 g/mol. The molecular formula is C27H28N8. The first-order valence-corrected chi connectivity index (χ1v) is 11.6. The van der Waals surface area contributed by atoms with Gasteiger partial charge in [0.1, 0.15) is 18.0 Å². The Labute approximate surface area is 204 Å². The van der Waals surface area contributed by atoms with E-state index >= 15 is 0 Å². The predicted octanol–water partition coefficient (Wildman–Crippen LogP) is 4.46. The van der Waals surface area contributed by atoms with Crippen molar-refractivity contribution in [2.75, 3.05) is 17.3 Å². The lowest BCUT2D eigenvalue weighted by Gasteiger charge is -2.21. The van der Waals surface area contributed by atoms with Gasteiger partial charge in [0.25, 0.3) is 0 Å². The summed E-state index contributed by atoms with van der Waals surface area (Å²) in [5.41, 5.74) is 11.1. The minimum atomic E-state index is 0.145. The normalized spacial score (nSPS) is 12.0. The Balaban J connectivity index is 1.40. The van der Waals surface area contributed by atoms with Gasteiger partial charge in [-0.05, 0) is 53.8 Å². The zero-order valence-electron chi connectivity index (χ0n) is 19.8. The molecule has 3 heterocycles. The summed E-state index contributed by atoms with van der Waals surface area (Å²) >= 11 is 0. The van der Waals surface area contributed by atoms with Crippen LogP contribution in [0.5, 0.6) is 0 Å². The standard InChI is InChI=1S/C27H28N8/c1-19(13-20-7-6-8-21(14-20)17-28)32-27-29-12-11-24(33-27)34(2)26-16-23(22-9-4-3-5-10-22)15-25-30-18-31-35(25)26/h3-12,14-16,18-19H,13,17,28H2,1-2H3,(H,29,32,33). The Morgan fingerprint density at radius 2 is 1.77 bits per heavy atom. The second-order valence-electron chi connectivity index (χ2n) is 8.57. The molecule has 0 saturated heterocycles. The summed E-state index contributed by atoms with van der Waals surface area (Å²) in [4.78, 5) is 15.6. The van der Waals surface area contributed by atoms with Gasteiger partial charge in [-0.1, -0.05) is 54.6 Å². The van der Waals surface area contributed by atoms with Crippen LogP contribution in [-0.4, -0.2) is 37.7 Å². The molecule has 0 aliphatic carbocycles. The number of aromatic nitrogens is 5. The molecule has 0 amide bonds. The van der Waals surface area contributed by atoms with Gasteiger partial charge >= 0.3 is 0 Å². The maximum atomic E-state index is 5.79. The Morgan fingerprint density at radius 1 is 0.943 bits per heavy atom. The molecule has 176 valence electrons. The summed E-state index contributed by atoms with van der Waals surface area (Å²) in [5.74, 6) is 2.18. The second-order valence-corrected chi connectivity index (χ2v) is 8.57. The van der Waals surface area contributed by atoms with Crippen LogP contribution >= 0.6 is 0 Å². The third kappa shape index (κ3) is 4.97. The molecule has 0 bridgehead atoms. The smallest absolute Gasteiger partial charge is 0.224 e. The lowest BCUT2D eigenvalue weighted by Crippen LogP contribution is -2.21. The molecule has 3 aromatic heterocycles. The van der Waals surface area contributed by atoms with E-state index in [1.54, 1.807) is 12.5 Å². The fraction of sp³-hybridized carbons (Fsp3) is 0.185. The van der Waals surface area contributed by atoms with Crippen LogP contribution in [0.25, 0.3) is 16.8 Å². The van der Waals surface area contributed by atoms with Crippen molar-refractivity contribution in [3.05, 3.63) is 96.4 Å². The summed E-state index contributed by atoms with van der Waals surface area (Å²) < 4.78 is 1.81. The fourth-order valence-corrected chi connectivity index (χ4v) is 4.17. The number of hydrogen-bond donors (Lipinski definition) is 2. The SMILES string of the molecule is CC(Cc1cccc(CN)c1)Nc1nccc(N(C)c2cc(-c3ccccc3)cc3ncnn23)n1. The van der Waals surface area contributed by atoms with Crippen LogP contribution in [0.15, 0.2) is 85.3 Å². The number of pyridine rings is 1. The van der Waals surface area contributed by atoms with Gasteiger partial charge in [-0.15, -0.1) is 0 Å². The molecule has 0 saturated carbocycles. The van der Waals surface area contributed by atoms with E-state index in [1.165, 1.54) is 5.56 Å². The Kier molecular flexibility index (Phi) is 6.36. The molecule has 0 radical (unpaired) electrons. The Morgan fingerprint density at radius 3 is 2.60 bits per heavy atom. The van der Waals surface area contributed by atoms with Crippen molar-refractivity contribution < 1.29 is 0 Å². The van der Waals surface area contributed by atoms with Crippen molar-refractivity contribution in [3.63, 3.8) is 0 Å². The number of nitrogens with zero attached hydrogens (tertiary/aromatic N) is 6.